The van der Waals surface area contributed by atoms with Gasteiger partial charge in [0.25, 0.3) is 0 Å². The number of carboxylic acid groups (broad SMARTS) is 1. The average molecular weight is 461 g/mol. The molecule has 10 heteroatoms. The number of hydrogen-bond acceptors (Lipinski definition) is 8. The van der Waals surface area contributed by atoms with E-state index in [0.29, 0.717) is 34.4 Å². The highest BCUT2D eigenvalue weighted by atomic mass is 32.2. The number of methoxy groups -OCH3 is 4. The quantitative estimate of drug-likeness (QED) is 0.338. The fourth-order valence-electron chi connectivity index (χ4n) is 2.59. The van der Waals surface area contributed by atoms with E-state index < -0.39 is 11.9 Å². The third-order valence-corrected chi connectivity index (χ3v) is 4.69. The summed E-state index contributed by atoms with van der Waals surface area (Å²) in [5.41, 5.74) is 1.82. The second kappa shape index (κ2) is 12.2. The van der Waals surface area contributed by atoms with E-state index in [1.165, 1.54) is 19.1 Å². The molecular formula is C22H24N2O7S. The summed E-state index contributed by atoms with van der Waals surface area (Å²) in [4.78, 5) is 22.5. The van der Waals surface area contributed by atoms with Crippen LogP contribution in [0.15, 0.2) is 47.9 Å². The standard InChI is InChI=1S/C22H24N2O7S/c1-28-15-12-19(30-3)16(20(13-15)31-4)9-10-32-24-14-5-6-18(29-2)17(11-14)23-21(25)7-8-22(26)27/h5-13,24H,1-4H3,(H,23,25)(H,26,27)/b8-7-,10-9+. The Balaban J connectivity index is 2.12. The third-order valence-electron chi connectivity index (χ3n) is 4.07. The molecule has 0 fully saturated rings. The first kappa shape index (κ1) is 24.5. The van der Waals surface area contributed by atoms with Crippen LogP contribution in [0.2, 0.25) is 0 Å². The minimum absolute atomic E-state index is 0.389. The Morgan fingerprint density at radius 1 is 0.906 bits per heavy atom. The second-order valence-corrected chi connectivity index (χ2v) is 6.76. The van der Waals surface area contributed by atoms with Crippen LogP contribution in [0.25, 0.3) is 6.08 Å². The topological polar surface area (TPSA) is 115 Å². The molecule has 0 radical (unpaired) electrons. The van der Waals surface area contributed by atoms with Crippen LogP contribution < -0.4 is 29.0 Å². The van der Waals surface area contributed by atoms with Crippen LogP contribution in [0.1, 0.15) is 5.56 Å². The normalized spacial score (nSPS) is 10.8. The summed E-state index contributed by atoms with van der Waals surface area (Å²) in [7, 11) is 6.17. The Hall–Kier alpha value is -3.79. The zero-order valence-electron chi connectivity index (χ0n) is 18.0. The van der Waals surface area contributed by atoms with E-state index >= 15 is 0 Å². The Morgan fingerprint density at radius 2 is 1.56 bits per heavy atom. The molecular weight excluding hydrogens is 436 g/mol. The first-order valence-electron chi connectivity index (χ1n) is 9.20. The van der Waals surface area contributed by atoms with Crippen LogP contribution in [0.5, 0.6) is 23.0 Å². The third kappa shape index (κ3) is 6.88. The molecule has 0 unspecified atom stereocenters. The molecule has 2 aromatic carbocycles. The molecule has 2 rings (SSSR count). The summed E-state index contributed by atoms with van der Waals surface area (Å²) < 4.78 is 24.5. The molecule has 2 aromatic rings. The fraction of sp³-hybridized carbons (Fsp3) is 0.182. The lowest BCUT2D eigenvalue weighted by Crippen LogP contribution is -2.10. The number of rotatable bonds is 11. The minimum Gasteiger partial charge on any atom is -0.496 e. The van der Waals surface area contributed by atoms with Gasteiger partial charge in [0.05, 0.1) is 39.7 Å². The van der Waals surface area contributed by atoms with Gasteiger partial charge in [0.15, 0.2) is 0 Å². The van der Waals surface area contributed by atoms with Crippen molar-refractivity contribution in [2.45, 2.75) is 0 Å². The van der Waals surface area contributed by atoms with Crippen molar-refractivity contribution in [2.24, 2.45) is 0 Å². The van der Waals surface area contributed by atoms with E-state index in [1.807, 2.05) is 11.5 Å². The van der Waals surface area contributed by atoms with Gasteiger partial charge in [-0.25, -0.2) is 4.79 Å². The lowest BCUT2D eigenvalue weighted by molar-refractivity contribution is -0.131. The van der Waals surface area contributed by atoms with E-state index in [1.54, 1.807) is 51.7 Å². The summed E-state index contributed by atoms with van der Waals surface area (Å²) in [6, 6.07) is 8.64. The lowest BCUT2D eigenvalue weighted by Gasteiger charge is -2.13. The van der Waals surface area contributed by atoms with Crippen LogP contribution in [-0.2, 0) is 9.59 Å². The molecule has 0 bridgehead atoms. The molecule has 170 valence electrons. The Morgan fingerprint density at radius 3 is 2.12 bits per heavy atom. The molecule has 0 aromatic heterocycles. The van der Waals surface area contributed by atoms with Crippen molar-refractivity contribution in [3.05, 3.63) is 53.5 Å². The van der Waals surface area contributed by atoms with Gasteiger partial charge in [-0.1, -0.05) is 0 Å². The number of hydrogen-bond donors (Lipinski definition) is 3. The molecule has 0 heterocycles. The molecule has 32 heavy (non-hydrogen) atoms. The molecule has 3 N–H and O–H groups in total. The number of ether oxygens (including phenoxy) is 4. The molecule has 9 nitrogen and oxygen atoms in total. The molecule has 0 saturated heterocycles. The van der Waals surface area contributed by atoms with Gasteiger partial charge < -0.3 is 34.1 Å². The molecule has 0 aliphatic heterocycles. The molecule has 0 spiro atoms. The zero-order valence-corrected chi connectivity index (χ0v) is 18.8. The van der Waals surface area contributed by atoms with Crippen LogP contribution in [0.4, 0.5) is 11.4 Å². The first-order chi connectivity index (χ1) is 15.4. The predicted octanol–water partition coefficient (Wildman–Crippen LogP) is 4.03. The number of carboxylic acids is 1. The van der Waals surface area contributed by atoms with Crippen molar-refractivity contribution in [3.63, 3.8) is 0 Å². The monoisotopic (exact) mass is 460 g/mol. The summed E-state index contributed by atoms with van der Waals surface area (Å²) in [6.07, 6.45) is 3.51. The summed E-state index contributed by atoms with van der Waals surface area (Å²) in [6.45, 7) is 0. The average Bonchev–Trinajstić information content (AvgIpc) is 2.80. The van der Waals surface area contributed by atoms with Crippen LogP contribution >= 0.6 is 11.9 Å². The minimum atomic E-state index is -1.21. The molecule has 0 aliphatic carbocycles. The van der Waals surface area contributed by atoms with Crippen molar-refractivity contribution < 1.29 is 33.6 Å². The fourth-order valence-corrected chi connectivity index (χ4v) is 3.13. The van der Waals surface area contributed by atoms with E-state index in [2.05, 4.69) is 10.0 Å². The van der Waals surface area contributed by atoms with Gasteiger partial charge in [0.1, 0.15) is 23.0 Å². The maximum Gasteiger partial charge on any atom is 0.328 e. The van der Waals surface area contributed by atoms with Crippen molar-refractivity contribution in [1.82, 2.24) is 0 Å². The molecule has 0 atom stereocenters. The predicted molar refractivity (Wildman–Crippen MR) is 125 cm³/mol. The maximum atomic E-state index is 11.9. The number of amides is 1. The van der Waals surface area contributed by atoms with Gasteiger partial charge in [0, 0.05) is 30.0 Å². The first-order valence-corrected chi connectivity index (χ1v) is 10.1. The highest BCUT2D eigenvalue weighted by Crippen LogP contribution is 2.35. The Kier molecular flexibility index (Phi) is 9.30. The van der Waals surface area contributed by atoms with E-state index in [0.717, 1.165) is 17.7 Å². The molecule has 0 saturated carbocycles. The second-order valence-electron chi connectivity index (χ2n) is 6.04. The molecule has 0 aliphatic rings. The number of aliphatic carboxylic acids is 1. The number of benzene rings is 2. The van der Waals surface area contributed by atoms with Gasteiger partial charge in [-0.05, 0) is 41.6 Å². The zero-order chi connectivity index (χ0) is 23.5. The van der Waals surface area contributed by atoms with Crippen LogP contribution in [0, 0.1) is 0 Å². The van der Waals surface area contributed by atoms with Gasteiger partial charge >= 0.3 is 5.97 Å². The van der Waals surface area contributed by atoms with Crippen molar-refractivity contribution in [3.8, 4) is 23.0 Å². The van der Waals surface area contributed by atoms with Crippen molar-refractivity contribution >= 4 is 41.3 Å². The highest BCUT2D eigenvalue weighted by molar-refractivity contribution is 8.03. The van der Waals surface area contributed by atoms with Crippen molar-refractivity contribution in [2.75, 3.05) is 38.5 Å². The van der Waals surface area contributed by atoms with Gasteiger partial charge in [-0.15, -0.1) is 0 Å². The summed E-state index contributed by atoms with van der Waals surface area (Å²) >= 11 is 1.29. The number of carbonyl (C=O) groups is 2. The number of anilines is 2. The number of carbonyl (C=O) groups excluding carboxylic acids is 1. The molecule has 1 amide bonds. The number of nitrogens with one attached hydrogen (secondary N) is 2. The van der Waals surface area contributed by atoms with Gasteiger partial charge in [0.2, 0.25) is 5.91 Å². The van der Waals surface area contributed by atoms with Crippen LogP contribution in [0.3, 0.4) is 0 Å². The smallest absolute Gasteiger partial charge is 0.328 e. The SMILES string of the molecule is COc1cc(OC)c(/C=C/SNc2ccc(OC)c(NC(=O)/C=C\C(=O)O)c2)c(OC)c1. The Labute approximate surface area is 190 Å². The van der Waals surface area contributed by atoms with E-state index in [-0.39, 0.29) is 0 Å². The van der Waals surface area contributed by atoms with Crippen molar-refractivity contribution in [1.29, 1.82) is 0 Å². The summed E-state index contributed by atoms with van der Waals surface area (Å²) in [5, 5.41) is 13.0. The van der Waals surface area contributed by atoms with E-state index in [9.17, 15) is 9.59 Å². The van der Waals surface area contributed by atoms with Gasteiger partial charge in [-0.2, -0.15) is 0 Å². The summed E-state index contributed by atoms with van der Waals surface area (Å²) in [5.74, 6) is 0.447. The Bertz CT molecular complexity index is 996. The van der Waals surface area contributed by atoms with E-state index in [4.69, 9.17) is 24.1 Å². The van der Waals surface area contributed by atoms with Crippen LogP contribution in [-0.4, -0.2) is 45.4 Å². The highest BCUT2D eigenvalue weighted by Gasteiger charge is 2.11. The largest absolute Gasteiger partial charge is 0.496 e. The lowest BCUT2D eigenvalue weighted by atomic mass is 10.1. The maximum absolute atomic E-state index is 11.9. The van der Waals surface area contributed by atoms with Gasteiger partial charge in [-0.3, -0.25) is 4.79 Å².